The summed E-state index contributed by atoms with van der Waals surface area (Å²) in [6, 6.07) is 9.40. The smallest absolute Gasteiger partial charge is 0.303 e. The van der Waals surface area contributed by atoms with Crippen LogP contribution in [0.5, 0.6) is 5.75 Å². The molecule has 32 heavy (non-hydrogen) atoms. The zero-order chi connectivity index (χ0) is 23.3. The van der Waals surface area contributed by atoms with Crippen molar-refractivity contribution in [1.82, 2.24) is 9.78 Å². The van der Waals surface area contributed by atoms with Gasteiger partial charge in [-0.2, -0.15) is 0 Å². The molecule has 0 fully saturated rings. The van der Waals surface area contributed by atoms with E-state index in [-0.39, 0.29) is 35.9 Å². The van der Waals surface area contributed by atoms with Crippen molar-refractivity contribution in [3.63, 3.8) is 0 Å². The molecule has 0 aliphatic rings. The predicted molar refractivity (Wildman–Crippen MR) is 119 cm³/mol. The first-order valence-corrected chi connectivity index (χ1v) is 9.95. The van der Waals surface area contributed by atoms with Crippen LogP contribution in [0.3, 0.4) is 0 Å². The van der Waals surface area contributed by atoms with Gasteiger partial charge in [-0.3, -0.25) is 19.4 Å². The fourth-order valence-electron chi connectivity index (χ4n) is 3.13. The summed E-state index contributed by atoms with van der Waals surface area (Å²) >= 11 is 0. The number of aromatic amines is 1. The van der Waals surface area contributed by atoms with Crippen LogP contribution in [0.1, 0.15) is 35.2 Å². The van der Waals surface area contributed by atoms with Gasteiger partial charge in [0.25, 0.3) is 5.56 Å². The number of benzene rings is 2. The number of H-pyrrole nitrogens is 1. The lowest BCUT2D eigenvalue weighted by Crippen LogP contribution is -2.17. The van der Waals surface area contributed by atoms with Gasteiger partial charge in [-0.1, -0.05) is 30.4 Å². The molecule has 1 heterocycles. The number of nitrogens with zero attached hydrogens (tertiary/aromatic N) is 3. The molecule has 0 atom stereocenters. The Balaban J connectivity index is 1.81. The molecule has 9 heteroatoms. The van der Waals surface area contributed by atoms with Gasteiger partial charge in [-0.05, 0) is 49.6 Å². The molecule has 0 bridgehead atoms. The maximum absolute atomic E-state index is 13.3. The summed E-state index contributed by atoms with van der Waals surface area (Å²) in [6.45, 7) is 3.67. The Bertz CT molecular complexity index is 1260. The maximum Gasteiger partial charge on any atom is 0.303 e. The highest BCUT2D eigenvalue weighted by molar-refractivity contribution is 5.76. The van der Waals surface area contributed by atoms with E-state index in [4.69, 9.17) is 5.11 Å². The van der Waals surface area contributed by atoms with Crippen molar-refractivity contribution in [1.29, 1.82) is 0 Å². The minimum absolute atomic E-state index is 0.0486. The molecule has 0 spiro atoms. The molecule has 166 valence electrons. The minimum Gasteiger partial charge on any atom is -0.505 e. The average Bonchev–Trinajstić information content (AvgIpc) is 3.00. The number of aryl methyl sites for hydroxylation is 3. The van der Waals surface area contributed by atoms with E-state index < -0.39 is 11.5 Å². The highest BCUT2D eigenvalue weighted by Crippen LogP contribution is 2.32. The van der Waals surface area contributed by atoms with Gasteiger partial charge in [0.1, 0.15) is 17.3 Å². The summed E-state index contributed by atoms with van der Waals surface area (Å²) in [6.07, 6.45) is 3.70. The van der Waals surface area contributed by atoms with E-state index in [9.17, 15) is 19.1 Å². The Hall–Kier alpha value is -4.01. The van der Waals surface area contributed by atoms with E-state index in [0.717, 1.165) is 11.1 Å². The van der Waals surface area contributed by atoms with Crippen molar-refractivity contribution in [2.75, 3.05) is 0 Å². The van der Waals surface area contributed by atoms with Gasteiger partial charge in [0.05, 0.1) is 5.69 Å². The number of nitrogens with one attached hydrogen (secondary N) is 1. The van der Waals surface area contributed by atoms with E-state index in [2.05, 4.69) is 15.3 Å². The Kier molecular flexibility index (Phi) is 6.99. The number of phenols is 1. The Labute approximate surface area is 183 Å². The molecule has 0 aliphatic heterocycles. The number of carboxylic acids is 1. The number of halogens is 1. The van der Waals surface area contributed by atoms with Gasteiger partial charge in [-0.15, -0.1) is 10.2 Å². The predicted octanol–water partition coefficient (Wildman–Crippen LogP) is 5.09. The number of azo groups is 1. The van der Waals surface area contributed by atoms with Crippen LogP contribution >= 0.6 is 0 Å². The van der Waals surface area contributed by atoms with Gasteiger partial charge >= 0.3 is 5.97 Å². The fourth-order valence-corrected chi connectivity index (χ4v) is 3.13. The van der Waals surface area contributed by atoms with Crippen LogP contribution in [-0.2, 0) is 11.3 Å². The Morgan fingerprint density at radius 1 is 1.16 bits per heavy atom. The Morgan fingerprint density at radius 3 is 2.62 bits per heavy atom. The average molecular weight is 438 g/mol. The zero-order valence-corrected chi connectivity index (χ0v) is 17.7. The molecule has 0 radical (unpaired) electrons. The highest BCUT2D eigenvalue weighted by atomic mass is 19.1. The van der Waals surface area contributed by atoms with Crippen molar-refractivity contribution >= 4 is 29.5 Å². The molecule has 3 N–H and O–H groups in total. The van der Waals surface area contributed by atoms with Crippen LogP contribution in [0.2, 0.25) is 0 Å². The normalized spacial score (nSPS) is 11.6. The fraction of sp³-hybridized carbons (Fsp3) is 0.217. The third kappa shape index (κ3) is 5.37. The van der Waals surface area contributed by atoms with Crippen molar-refractivity contribution in [3.05, 3.63) is 75.0 Å². The quantitative estimate of drug-likeness (QED) is 0.335. The van der Waals surface area contributed by atoms with Crippen LogP contribution in [0.15, 0.2) is 51.4 Å². The van der Waals surface area contributed by atoms with Crippen LogP contribution in [0.4, 0.5) is 15.8 Å². The summed E-state index contributed by atoms with van der Waals surface area (Å²) in [4.78, 5) is 23.1. The van der Waals surface area contributed by atoms with Crippen LogP contribution in [0.25, 0.3) is 12.2 Å². The first-order chi connectivity index (χ1) is 15.3. The standard InChI is InChI=1S/C23H23FN4O4/c1-14-13-18(24)11-10-16(14)8-9-17-5-3-6-19(22(17)31)25-26-21-15(2)27-28(23(21)32)12-4-7-20(29)30/h3,5-6,8-11,13,27,31H,4,7,12H2,1-2H3,(H,29,30)/b9-8+,26-25?. The van der Waals surface area contributed by atoms with Crippen molar-refractivity contribution in [2.24, 2.45) is 10.2 Å². The van der Waals surface area contributed by atoms with Crippen molar-refractivity contribution in [2.45, 2.75) is 33.2 Å². The number of carboxylic acid groups (broad SMARTS) is 1. The molecule has 0 saturated carbocycles. The lowest BCUT2D eigenvalue weighted by Gasteiger charge is -2.03. The summed E-state index contributed by atoms with van der Waals surface area (Å²) in [5.41, 5.74) is 2.39. The van der Waals surface area contributed by atoms with E-state index >= 15 is 0 Å². The number of hydrogen-bond donors (Lipinski definition) is 3. The molecular formula is C23H23FN4O4. The largest absolute Gasteiger partial charge is 0.505 e. The number of aliphatic carboxylic acids is 1. The zero-order valence-electron chi connectivity index (χ0n) is 17.7. The number of rotatable bonds is 8. The van der Waals surface area contributed by atoms with Crippen LogP contribution < -0.4 is 5.56 Å². The van der Waals surface area contributed by atoms with Gasteiger partial charge in [-0.25, -0.2) is 4.39 Å². The minimum atomic E-state index is -0.930. The van der Waals surface area contributed by atoms with Crippen LogP contribution in [-0.4, -0.2) is 26.0 Å². The van der Waals surface area contributed by atoms with E-state index in [1.165, 1.54) is 16.8 Å². The number of hydrogen-bond acceptors (Lipinski definition) is 5. The molecule has 8 nitrogen and oxygen atoms in total. The second-order valence-corrected chi connectivity index (χ2v) is 7.29. The van der Waals surface area contributed by atoms with Crippen molar-refractivity contribution < 1.29 is 19.4 Å². The number of aromatic nitrogens is 2. The first-order valence-electron chi connectivity index (χ1n) is 9.95. The number of carbonyl (C=O) groups is 1. The molecule has 3 rings (SSSR count). The van der Waals surface area contributed by atoms with Gasteiger partial charge in [0, 0.05) is 18.5 Å². The third-order valence-corrected chi connectivity index (χ3v) is 4.86. The molecule has 0 saturated heterocycles. The summed E-state index contributed by atoms with van der Waals surface area (Å²) in [5.74, 6) is -1.35. The van der Waals surface area contributed by atoms with E-state index in [1.807, 2.05) is 0 Å². The molecule has 0 unspecified atom stereocenters. The lowest BCUT2D eigenvalue weighted by atomic mass is 10.1. The highest BCUT2D eigenvalue weighted by Gasteiger charge is 2.12. The monoisotopic (exact) mass is 438 g/mol. The molecule has 0 amide bonds. The Morgan fingerprint density at radius 2 is 1.91 bits per heavy atom. The molecular weight excluding hydrogens is 415 g/mol. The van der Waals surface area contributed by atoms with Crippen molar-refractivity contribution in [3.8, 4) is 5.75 Å². The number of para-hydroxylation sites is 1. The summed E-state index contributed by atoms with van der Waals surface area (Å²) in [5, 5.41) is 30.2. The first kappa shape index (κ1) is 22.7. The van der Waals surface area contributed by atoms with E-state index in [0.29, 0.717) is 17.7 Å². The topological polar surface area (TPSA) is 120 Å². The van der Waals surface area contributed by atoms with Gasteiger partial charge < -0.3 is 10.2 Å². The maximum atomic E-state index is 13.3. The van der Waals surface area contributed by atoms with Crippen LogP contribution in [0, 0.1) is 19.7 Å². The van der Waals surface area contributed by atoms with E-state index in [1.54, 1.807) is 50.3 Å². The molecule has 3 aromatic rings. The SMILES string of the molecule is Cc1cc(F)ccc1/C=C/c1cccc(N=Nc2c(C)[nH]n(CCCC(=O)O)c2=O)c1O. The van der Waals surface area contributed by atoms with Gasteiger partial charge in [0.2, 0.25) is 0 Å². The van der Waals surface area contributed by atoms with Gasteiger partial charge in [0.15, 0.2) is 5.69 Å². The molecule has 0 aliphatic carbocycles. The second-order valence-electron chi connectivity index (χ2n) is 7.29. The summed E-state index contributed by atoms with van der Waals surface area (Å²) < 4.78 is 14.6. The lowest BCUT2D eigenvalue weighted by molar-refractivity contribution is -0.137. The summed E-state index contributed by atoms with van der Waals surface area (Å²) in [7, 11) is 0. The number of phenolic OH excluding ortho intramolecular Hbond substituents is 1. The number of aromatic hydroxyl groups is 1. The molecule has 2 aromatic carbocycles. The second kappa shape index (κ2) is 9.86. The molecule has 1 aromatic heterocycles. The third-order valence-electron chi connectivity index (χ3n) is 4.86.